The molecule has 1 heterocycles. The van der Waals surface area contributed by atoms with Gasteiger partial charge in [-0.05, 0) is 49.2 Å². The van der Waals surface area contributed by atoms with Gasteiger partial charge in [0.1, 0.15) is 12.4 Å². The zero-order chi connectivity index (χ0) is 20.9. The van der Waals surface area contributed by atoms with Crippen LogP contribution in [0.2, 0.25) is 0 Å². The number of nitrogens with one attached hydrogen (secondary N) is 1. The predicted octanol–water partition coefficient (Wildman–Crippen LogP) is 2.13. The SMILES string of the molecule is Cc1cccc(OCCNC(=O)c2cc(S(=O)(=O)N3CCOCC3)ccc2C)c1. The number of hydrogen-bond donors (Lipinski definition) is 1. The zero-order valence-corrected chi connectivity index (χ0v) is 17.5. The normalized spacial score (nSPS) is 15.1. The van der Waals surface area contributed by atoms with Gasteiger partial charge >= 0.3 is 0 Å². The molecule has 0 unspecified atom stereocenters. The minimum absolute atomic E-state index is 0.117. The molecule has 2 aromatic carbocycles. The van der Waals surface area contributed by atoms with E-state index in [1.807, 2.05) is 31.2 Å². The third-order valence-electron chi connectivity index (χ3n) is 4.71. The van der Waals surface area contributed by atoms with Crippen LogP contribution in [-0.4, -0.2) is 58.1 Å². The fourth-order valence-corrected chi connectivity index (χ4v) is 4.51. The van der Waals surface area contributed by atoms with Crippen LogP contribution in [0.4, 0.5) is 0 Å². The second-order valence-electron chi connectivity index (χ2n) is 6.91. The largest absolute Gasteiger partial charge is 0.492 e. The van der Waals surface area contributed by atoms with Gasteiger partial charge < -0.3 is 14.8 Å². The standard InChI is InChI=1S/C21H26N2O5S/c1-16-4-3-5-18(14-16)28-11-8-22-21(24)20-15-19(7-6-17(20)2)29(25,26)23-9-12-27-13-10-23/h3-7,14-15H,8-13H2,1-2H3,(H,22,24). The molecule has 0 bridgehead atoms. The monoisotopic (exact) mass is 418 g/mol. The van der Waals surface area contributed by atoms with E-state index in [1.54, 1.807) is 13.0 Å². The predicted molar refractivity (Wildman–Crippen MR) is 110 cm³/mol. The highest BCUT2D eigenvalue weighted by molar-refractivity contribution is 7.89. The molecule has 0 saturated carbocycles. The Bertz CT molecular complexity index is 969. The molecular weight excluding hydrogens is 392 g/mol. The van der Waals surface area contributed by atoms with Gasteiger partial charge in [-0.1, -0.05) is 18.2 Å². The van der Waals surface area contributed by atoms with E-state index in [0.29, 0.717) is 50.6 Å². The van der Waals surface area contributed by atoms with E-state index in [2.05, 4.69) is 5.32 Å². The molecule has 1 N–H and O–H groups in total. The molecule has 0 radical (unpaired) electrons. The van der Waals surface area contributed by atoms with E-state index < -0.39 is 10.0 Å². The maximum Gasteiger partial charge on any atom is 0.251 e. The van der Waals surface area contributed by atoms with Crippen LogP contribution >= 0.6 is 0 Å². The first-order chi connectivity index (χ1) is 13.9. The van der Waals surface area contributed by atoms with Gasteiger partial charge in [0.05, 0.1) is 24.7 Å². The fraction of sp³-hybridized carbons (Fsp3) is 0.381. The average Bonchev–Trinajstić information content (AvgIpc) is 2.72. The van der Waals surface area contributed by atoms with Crippen molar-refractivity contribution in [3.8, 4) is 5.75 Å². The van der Waals surface area contributed by atoms with Gasteiger partial charge in [0.15, 0.2) is 0 Å². The topological polar surface area (TPSA) is 84.9 Å². The molecule has 2 aromatic rings. The molecule has 1 amide bonds. The van der Waals surface area contributed by atoms with Crippen LogP contribution in [0.1, 0.15) is 21.5 Å². The summed E-state index contributed by atoms with van der Waals surface area (Å²) in [6, 6.07) is 12.3. The van der Waals surface area contributed by atoms with Crippen molar-refractivity contribution >= 4 is 15.9 Å². The molecule has 1 fully saturated rings. The Morgan fingerprint density at radius 3 is 2.62 bits per heavy atom. The van der Waals surface area contributed by atoms with Crippen molar-refractivity contribution in [2.75, 3.05) is 39.5 Å². The van der Waals surface area contributed by atoms with Crippen molar-refractivity contribution in [3.63, 3.8) is 0 Å². The Kier molecular flexibility index (Phi) is 6.89. The second kappa shape index (κ2) is 9.39. The number of ether oxygens (including phenoxy) is 2. The van der Waals surface area contributed by atoms with Crippen LogP contribution in [0.25, 0.3) is 0 Å². The summed E-state index contributed by atoms with van der Waals surface area (Å²) < 4.78 is 37.9. The minimum atomic E-state index is -3.65. The van der Waals surface area contributed by atoms with E-state index in [0.717, 1.165) is 11.3 Å². The third kappa shape index (κ3) is 5.35. The first kappa shape index (κ1) is 21.3. The molecule has 0 spiro atoms. The van der Waals surface area contributed by atoms with Gasteiger partial charge in [0.25, 0.3) is 5.91 Å². The first-order valence-electron chi connectivity index (χ1n) is 9.54. The summed E-state index contributed by atoms with van der Waals surface area (Å²) in [5.41, 5.74) is 2.15. The van der Waals surface area contributed by atoms with Crippen LogP contribution in [0.3, 0.4) is 0 Å². The van der Waals surface area contributed by atoms with Gasteiger partial charge in [-0.2, -0.15) is 4.31 Å². The van der Waals surface area contributed by atoms with Gasteiger partial charge in [-0.15, -0.1) is 0 Å². The molecule has 3 rings (SSSR count). The molecule has 7 nitrogen and oxygen atoms in total. The van der Waals surface area contributed by atoms with Gasteiger partial charge in [0.2, 0.25) is 10.0 Å². The minimum Gasteiger partial charge on any atom is -0.492 e. The molecule has 0 atom stereocenters. The lowest BCUT2D eigenvalue weighted by Crippen LogP contribution is -2.40. The number of hydrogen-bond acceptors (Lipinski definition) is 5. The lowest BCUT2D eigenvalue weighted by atomic mass is 10.1. The fourth-order valence-electron chi connectivity index (χ4n) is 3.08. The summed E-state index contributed by atoms with van der Waals surface area (Å²) in [7, 11) is -3.65. The molecule has 1 saturated heterocycles. The second-order valence-corrected chi connectivity index (χ2v) is 8.85. The number of benzene rings is 2. The summed E-state index contributed by atoms with van der Waals surface area (Å²) in [6.07, 6.45) is 0. The third-order valence-corrected chi connectivity index (χ3v) is 6.60. The first-order valence-corrected chi connectivity index (χ1v) is 11.0. The Labute approximate surface area is 171 Å². The highest BCUT2D eigenvalue weighted by Gasteiger charge is 2.27. The van der Waals surface area contributed by atoms with Crippen LogP contribution < -0.4 is 10.1 Å². The Morgan fingerprint density at radius 2 is 1.90 bits per heavy atom. The van der Waals surface area contributed by atoms with Crippen molar-refractivity contribution in [1.29, 1.82) is 0 Å². The maximum absolute atomic E-state index is 12.8. The number of carbonyl (C=O) groups is 1. The van der Waals surface area contributed by atoms with Crippen LogP contribution in [0.15, 0.2) is 47.4 Å². The van der Waals surface area contributed by atoms with E-state index in [-0.39, 0.29) is 10.8 Å². The van der Waals surface area contributed by atoms with Crippen molar-refractivity contribution < 1.29 is 22.7 Å². The number of aryl methyl sites for hydroxylation is 2. The summed E-state index contributed by atoms with van der Waals surface area (Å²) in [6.45, 7) is 5.77. The van der Waals surface area contributed by atoms with Crippen molar-refractivity contribution in [3.05, 3.63) is 59.2 Å². The highest BCUT2D eigenvalue weighted by atomic mass is 32.2. The lowest BCUT2D eigenvalue weighted by molar-refractivity contribution is 0.0730. The van der Waals surface area contributed by atoms with E-state index in [4.69, 9.17) is 9.47 Å². The summed E-state index contributed by atoms with van der Waals surface area (Å²) in [5.74, 6) is 0.420. The Hall–Kier alpha value is -2.42. The average molecular weight is 419 g/mol. The number of amides is 1. The van der Waals surface area contributed by atoms with Crippen LogP contribution in [-0.2, 0) is 14.8 Å². The quantitative estimate of drug-likeness (QED) is 0.697. The Balaban J connectivity index is 1.63. The van der Waals surface area contributed by atoms with Crippen molar-refractivity contribution in [2.45, 2.75) is 18.7 Å². The highest BCUT2D eigenvalue weighted by Crippen LogP contribution is 2.20. The number of carbonyl (C=O) groups excluding carboxylic acids is 1. The van der Waals surface area contributed by atoms with E-state index >= 15 is 0 Å². The molecule has 0 aliphatic carbocycles. The smallest absolute Gasteiger partial charge is 0.251 e. The zero-order valence-electron chi connectivity index (χ0n) is 16.7. The molecule has 156 valence electrons. The summed E-state index contributed by atoms with van der Waals surface area (Å²) in [4.78, 5) is 12.7. The number of nitrogens with zero attached hydrogens (tertiary/aromatic N) is 1. The summed E-state index contributed by atoms with van der Waals surface area (Å²) >= 11 is 0. The van der Waals surface area contributed by atoms with Gasteiger partial charge in [-0.25, -0.2) is 8.42 Å². The molecule has 8 heteroatoms. The van der Waals surface area contributed by atoms with Gasteiger partial charge in [-0.3, -0.25) is 4.79 Å². The van der Waals surface area contributed by atoms with Crippen molar-refractivity contribution in [1.82, 2.24) is 9.62 Å². The number of morpholine rings is 1. The molecule has 29 heavy (non-hydrogen) atoms. The van der Waals surface area contributed by atoms with E-state index in [9.17, 15) is 13.2 Å². The molecule has 1 aliphatic rings. The summed E-state index contributed by atoms with van der Waals surface area (Å²) in [5, 5.41) is 2.79. The van der Waals surface area contributed by atoms with Crippen molar-refractivity contribution in [2.24, 2.45) is 0 Å². The molecular formula is C21H26N2O5S. The van der Waals surface area contributed by atoms with Gasteiger partial charge in [0, 0.05) is 18.7 Å². The van der Waals surface area contributed by atoms with Crippen LogP contribution in [0, 0.1) is 13.8 Å². The molecule has 0 aromatic heterocycles. The molecule has 1 aliphatic heterocycles. The lowest BCUT2D eigenvalue weighted by Gasteiger charge is -2.26. The number of sulfonamides is 1. The number of rotatable bonds is 7. The van der Waals surface area contributed by atoms with E-state index in [1.165, 1.54) is 16.4 Å². The maximum atomic E-state index is 12.8. The van der Waals surface area contributed by atoms with Crippen LogP contribution in [0.5, 0.6) is 5.75 Å². The Morgan fingerprint density at radius 1 is 1.14 bits per heavy atom.